The van der Waals surface area contributed by atoms with E-state index >= 15 is 0 Å². The quantitative estimate of drug-likeness (QED) is 0.199. The van der Waals surface area contributed by atoms with Crippen molar-refractivity contribution in [2.24, 2.45) is 0 Å². The van der Waals surface area contributed by atoms with Crippen molar-refractivity contribution in [2.75, 3.05) is 14.2 Å². The van der Waals surface area contributed by atoms with E-state index in [-0.39, 0.29) is 0 Å². The van der Waals surface area contributed by atoms with Crippen LogP contribution in [-0.4, -0.2) is 46.0 Å². The van der Waals surface area contributed by atoms with Crippen molar-refractivity contribution in [3.8, 4) is 11.5 Å². The molecule has 0 aliphatic heterocycles. The van der Waals surface area contributed by atoms with E-state index in [2.05, 4.69) is 100.0 Å². The fraction of sp³-hybridized carbons (Fsp3) is 0.500. The Morgan fingerprint density at radius 2 is 0.973 bits per heavy atom. The van der Waals surface area contributed by atoms with Gasteiger partial charge in [-0.15, -0.1) is 0 Å². The number of methoxy groups -OCH3 is 2. The Labute approximate surface area is 233 Å². The van der Waals surface area contributed by atoms with Crippen molar-refractivity contribution >= 4 is 39.0 Å². The summed E-state index contributed by atoms with van der Waals surface area (Å²) in [6, 6.07) is 17.7. The molecule has 0 radical (unpaired) electrons. The predicted octanol–water partition coefficient (Wildman–Crippen LogP) is 9.67. The number of benzene rings is 2. The van der Waals surface area contributed by atoms with Crippen LogP contribution in [0.2, 0.25) is 35.2 Å². The second-order valence-corrected chi connectivity index (χ2v) is 22.8. The minimum absolute atomic E-state index is 0.604. The summed E-state index contributed by atoms with van der Waals surface area (Å²) in [6.45, 7) is 15.4. The first-order valence-electron chi connectivity index (χ1n) is 14.5. The topological polar surface area (TPSA) is 18.5 Å². The third-order valence-electron chi connectivity index (χ3n) is 8.33. The monoisotopic (exact) mass is 608 g/mol. The van der Waals surface area contributed by atoms with Crippen LogP contribution in [0.15, 0.2) is 59.5 Å². The predicted molar refractivity (Wildman–Crippen MR) is 171 cm³/mol. The molecule has 2 aromatic carbocycles. The Morgan fingerprint density at radius 1 is 0.622 bits per heavy atom. The summed E-state index contributed by atoms with van der Waals surface area (Å²) in [6.07, 6.45) is 6.91. The molecule has 2 nitrogen and oxygen atoms in total. The molecule has 0 fully saturated rings. The molecule has 37 heavy (non-hydrogen) atoms. The summed E-state index contributed by atoms with van der Waals surface area (Å²) in [4.78, 5) is 5.32. The summed E-state index contributed by atoms with van der Waals surface area (Å²) >= 11 is -3.25. The molecule has 0 aliphatic carbocycles. The van der Waals surface area contributed by atoms with Crippen LogP contribution in [0.1, 0.15) is 65.5 Å². The van der Waals surface area contributed by atoms with Gasteiger partial charge >= 0.3 is 234 Å². The Kier molecular flexibility index (Phi) is 13.0. The Bertz CT molecular complexity index is 982. The van der Waals surface area contributed by atoms with E-state index < -0.39 is 18.4 Å². The van der Waals surface area contributed by atoms with Crippen LogP contribution in [0.25, 0.3) is 7.18 Å². The van der Waals surface area contributed by atoms with Crippen molar-refractivity contribution < 1.29 is 9.47 Å². The van der Waals surface area contributed by atoms with Crippen LogP contribution in [-0.2, 0) is 0 Å². The van der Waals surface area contributed by atoms with Gasteiger partial charge in [-0.25, -0.2) is 0 Å². The first kappa shape index (κ1) is 31.7. The zero-order valence-corrected chi connectivity index (χ0v) is 28.2. The zero-order valence-electron chi connectivity index (χ0n) is 25.3. The van der Waals surface area contributed by atoms with Gasteiger partial charge in [-0.2, -0.15) is 0 Å². The average Bonchev–Trinajstić information content (AvgIpc) is 2.92. The van der Waals surface area contributed by atoms with Crippen molar-refractivity contribution in [3.63, 3.8) is 0 Å². The molecule has 0 N–H and O–H groups in total. The van der Waals surface area contributed by atoms with Gasteiger partial charge in [-0.3, -0.25) is 0 Å². The maximum absolute atomic E-state index is 5.73. The van der Waals surface area contributed by atoms with E-state index in [0.29, 0.717) is 13.4 Å². The van der Waals surface area contributed by atoms with E-state index in [1.54, 1.807) is 32.3 Å². The van der Waals surface area contributed by atoms with Gasteiger partial charge in [0.1, 0.15) is 0 Å². The summed E-state index contributed by atoms with van der Waals surface area (Å²) in [7, 11) is 3.56. The van der Waals surface area contributed by atoms with Gasteiger partial charge in [-0.1, -0.05) is 0 Å². The number of rotatable bonds is 14. The van der Waals surface area contributed by atoms with E-state index in [0.717, 1.165) is 24.3 Å². The molecule has 5 heteroatoms. The van der Waals surface area contributed by atoms with Crippen LogP contribution in [0.5, 0.6) is 11.5 Å². The van der Waals surface area contributed by atoms with E-state index in [1.807, 2.05) is 0 Å². The average molecular weight is 607 g/mol. The first-order chi connectivity index (χ1) is 17.8. The Balaban J connectivity index is 3.09. The van der Waals surface area contributed by atoms with E-state index in [4.69, 9.17) is 9.47 Å². The number of hydrogen-bond donors (Lipinski definition) is 0. The zero-order chi connectivity index (χ0) is 27.6. The molecule has 0 amide bonds. The molecule has 200 valence electrons. The Hall–Kier alpha value is -1.55. The van der Waals surface area contributed by atoms with Gasteiger partial charge in [0.2, 0.25) is 0 Å². The van der Waals surface area contributed by atoms with Crippen molar-refractivity contribution in [1.82, 2.24) is 0 Å². The molecule has 0 spiro atoms. The van der Waals surface area contributed by atoms with Gasteiger partial charge in [-0.05, 0) is 0 Å². The fourth-order valence-corrected chi connectivity index (χ4v) is 19.0. The molecule has 0 unspecified atom stereocenters. The van der Waals surface area contributed by atoms with Gasteiger partial charge in [0.05, 0.1) is 0 Å². The molecular weight excluding hydrogens is 557 g/mol. The van der Waals surface area contributed by atoms with Crippen molar-refractivity contribution in [1.29, 1.82) is 0 Å². The van der Waals surface area contributed by atoms with Gasteiger partial charge in [0, 0.05) is 0 Å². The van der Waals surface area contributed by atoms with Gasteiger partial charge < -0.3 is 0 Å². The molecule has 2 aromatic rings. The normalized spacial score (nSPS) is 13.0. The van der Waals surface area contributed by atoms with E-state index in [9.17, 15) is 0 Å². The summed E-state index contributed by atoms with van der Waals surface area (Å²) < 4.78 is 14.8. The van der Waals surface area contributed by atoms with Crippen LogP contribution in [0, 0.1) is 0 Å². The molecule has 0 heterocycles. The van der Waals surface area contributed by atoms with Crippen LogP contribution in [0.4, 0.5) is 0 Å². The minimum atomic E-state index is -3.25. The maximum atomic E-state index is 5.73. The van der Waals surface area contributed by atoms with Crippen molar-refractivity contribution in [2.45, 2.75) is 89.5 Å². The molecule has 2 rings (SSSR count). The first-order valence-corrected chi connectivity index (χ1v) is 23.1. The Morgan fingerprint density at radius 3 is 1.24 bits per heavy atom. The molecule has 0 saturated carbocycles. The molecule has 0 aromatic heterocycles. The van der Waals surface area contributed by atoms with Crippen molar-refractivity contribution in [3.05, 3.63) is 70.6 Å². The van der Waals surface area contributed by atoms with Crippen LogP contribution in [0.3, 0.4) is 0 Å². The third-order valence-corrected chi connectivity index (χ3v) is 18.9. The van der Waals surface area contributed by atoms with Crippen LogP contribution >= 0.6 is 0 Å². The third kappa shape index (κ3) is 7.31. The van der Waals surface area contributed by atoms with Crippen LogP contribution < -0.4 is 9.47 Å². The standard InChI is InChI=1S/2C15H22BO.2CH3.Sn/c2*1-5-14(16(6-2)7-3)11-13-9-8-10-15(12-13)17-4;;;/h2*8-10,12H,5-7H2,1-4H3;2*1H3;. The summed E-state index contributed by atoms with van der Waals surface area (Å²) in [5.74, 6) is 1.89. The number of allylic oxidation sites excluding steroid dienone is 2. The number of hydrogen-bond acceptors (Lipinski definition) is 2. The molecule has 0 bridgehead atoms. The molecular formula is C32H50B2O2Sn. The fourth-order valence-electron chi connectivity index (χ4n) is 6.48. The SMILES string of the molecule is CCB(CC)/C(CC)=[C](/c1cccc(OC)c1)[Sn]([CH3])([CH3])/[C](=C(/CC)B(CC)CC)c1cccc(OC)c1. The second-order valence-electron chi connectivity index (χ2n) is 10.6. The number of ether oxygens (including phenoxy) is 2. The van der Waals surface area contributed by atoms with E-state index in [1.165, 1.54) is 36.4 Å². The summed E-state index contributed by atoms with van der Waals surface area (Å²) in [5, 5.41) is 0. The van der Waals surface area contributed by atoms with Gasteiger partial charge in [0.25, 0.3) is 0 Å². The van der Waals surface area contributed by atoms with Gasteiger partial charge in [0.15, 0.2) is 0 Å². The second kappa shape index (κ2) is 15.1. The summed E-state index contributed by atoms with van der Waals surface area (Å²) in [5.41, 5.74) is 6.06. The molecule has 0 atom stereocenters. The molecule has 0 aliphatic rings. The molecule has 0 saturated heterocycles.